The second kappa shape index (κ2) is 4.86. The van der Waals surface area contributed by atoms with Gasteiger partial charge in [0, 0.05) is 36.3 Å². The third-order valence-electron chi connectivity index (χ3n) is 6.05. The highest BCUT2D eigenvalue weighted by atomic mass is 16.1. The Bertz CT molecular complexity index is 874. The lowest BCUT2D eigenvalue weighted by atomic mass is 9.78. The Balaban J connectivity index is 2.51. The molecule has 3 heteroatoms. The predicted octanol–water partition coefficient (Wildman–Crippen LogP) is 4.19. The minimum Gasteiger partial charge on any atom is -0.369 e. The van der Waals surface area contributed by atoms with E-state index in [1.165, 1.54) is 22.2 Å². The summed E-state index contributed by atoms with van der Waals surface area (Å²) in [5, 5.41) is 1.22. The molecule has 1 aromatic heterocycles. The van der Waals surface area contributed by atoms with Gasteiger partial charge in [0.05, 0.1) is 5.52 Å². The molecule has 0 spiro atoms. The number of pyridine rings is 1. The molecule has 0 amide bonds. The highest BCUT2D eigenvalue weighted by Gasteiger charge is 2.36. The first-order chi connectivity index (χ1) is 10.6. The van der Waals surface area contributed by atoms with E-state index < -0.39 is 0 Å². The van der Waals surface area contributed by atoms with Crippen molar-refractivity contribution in [1.29, 1.82) is 0 Å². The molecule has 0 bridgehead atoms. The Morgan fingerprint density at radius 2 is 1.70 bits per heavy atom. The molecule has 23 heavy (non-hydrogen) atoms. The van der Waals surface area contributed by atoms with Crippen molar-refractivity contribution in [2.45, 2.75) is 59.4 Å². The molecule has 1 aromatic carbocycles. The second-order valence-electron chi connectivity index (χ2n) is 7.93. The minimum atomic E-state index is 0.115. The van der Waals surface area contributed by atoms with E-state index in [1.54, 1.807) is 0 Å². The maximum atomic E-state index is 12.5. The molecule has 2 heterocycles. The number of aryl methyl sites for hydroxylation is 3. The SMILES string of the molecule is Cc1c(C)c2cc3c(c(C)c2n(C)c1=O)N(C)C(C)(C)CC3C. The lowest BCUT2D eigenvalue weighted by molar-refractivity contribution is 0.395. The van der Waals surface area contributed by atoms with Gasteiger partial charge in [-0.05, 0) is 69.7 Å². The lowest BCUT2D eigenvalue weighted by Crippen LogP contribution is -2.46. The van der Waals surface area contributed by atoms with Gasteiger partial charge in [-0.1, -0.05) is 6.92 Å². The molecule has 3 nitrogen and oxygen atoms in total. The van der Waals surface area contributed by atoms with E-state index in [2.05, 4.69) is 52.6 Å². The van der Waals surface area contributed by atoms with E-state index in [9.17, 15) is 4.79 Å². The normalized spacial score (nSPS) is 20.0. The number of hydrogen-bond acceptors (Lipinski definition) is 2. The number of rotatable bonds is 0. The van der Waals surface area contributed by atoms with Gasteiger partial charge in [0.25, 0.3) is 5.56 Å². The van der Waals surface area contributed by atoms with E-state index >= 15 is 0 Å². The van der Waals surface area contributed by atoms with Crippen LogP contribution in [0.25, 0.3) is 10.9 Å². The maximum Gasteiger partial charge on any atom is 0.253 e. The van der Waals surface area contributed by atoms with E-state index in [-0.39, 0.29) is 11.1 Å². The number of fused-ring (bicyclic) bond motifs is 2. The Labute approximate surface area is 138 Å². The van der Waals surface area contributed by atoms with Crippen molar-refractivity contribution < 1.29 is 0 Å². The van der Waals surface area contributed by atoms with Crippen LogP contribution in [0.4, 0.5) is 5.69 Å². The predicted molar refractivity (Wildman–Crippen MR) is 98.9 cm³/mol. The fourth-order valence-corrected chi connectivity index (χ4v) is 4.38. The van der Waals surface area contributed by atoms with Crippen LogP contribution in [0.15, 0.2) is 10.9 Å². The molecule has 0 saturated carbocycles. The summed E-state index contributed by atoms with van der Waals surface area (Å²) in [7, 11) is 4.08. The molecule has 0 aliphatic carbocycles. The first-order valence-electron chi connectivity index (χ1n) is 8.45. The molecule has 124 valence electrons. The van der Waals surface area contributed by atoms with Gasteiger partial charge in [-0.3, -0.25) is 4.79 Å². The number of anilines is 1. The standard InChI is InChI=1S/C20H28N2O/c1-11-10-20(5,6)22(8)18-14(4)17-16(9-15(11)18)12(2)13(3)19(23)21(17)7/h9,11H,10H2,1-8H3. The Hall–Kier alpha value is -1.77. The summed E-state index contributed by atoms with van der Waals surface area (Å²) in [5.41, 5.74) is 7.24. The zero-order valence-electron chi connectivity index (χ0n) is 15.7. The Morgan fingerprint density at radius 1 is 1.09 bits per heavy atom. The smallest absolute Gasteiger partial charge is 0.253 e. The number of hydrogen-bond donors (Lipinski definition) is 0. The summed E-state index contributed by atoms with van der Waals surface area (Å²) in [6, 6.07) is 2.33. The highest BCUT2D eigenvalue weighted by molar-refractivity contribution is 5.92. The molecule has 1 aliphatic heterocycles. The van der Waals surface area contributed by atoms with Crippen molar-refractivity contribution in [2.75, 3.05) is 11.9 Å². The van der Waals surface area contributed by atoms with Gasteiger partial charge >= 0.3 is 0 Å². The zero-order valence-corrected chi connectivity index (χ0v) is 15.7. The lowest BCUT2D eigenvalue weighted by Gasteiger charge is -2.46. The molecule has 0 radical (unpaired) electrons. The van der Waals surface area contributed by atoms with Crippen LogP contribution in [0, 0.1) is 20.8 Å². The average Bonchev–Trinajstić information content (AvgIpc) is 2.47. The van der Waals surface area contributed by atoms with Crippen LogP contribution >= 0.6 is 0 Å². The number of benzene rings is 1. The molecular weight excluding hydrogens is 284 g/mol. The van der Waals surface area contributed by atoms with Crippen molar-refractivity contribution in [3.8, 4) is 0 Å². The number of nitrogens with zero attached hydrogens (tertiary/aromatic N) is 2. The van der Waals surface area contributed by atoms with Crippen molar-refractivity contribution in [1.82, 2.24) is 4.57 Å². The third-order valence-corrected chi connectivity index (χ3v) is 6.05. The minimum absolute atomic E-state index is 0.115. The summed E-state index contributed by atoms with van der Waals surface area (Å²) >= 11 is 0. The molecule has 3 rings (SSSR count). The van der Waals surface area contributed by atoms with E-state index in [4.69, 9.17) is 0 Å². The maximum absolute atomic E-state index is 12.5. The summed E-state index contributed by atoms with van der Waals surface area (Å²) < 4.78 is 1.83. The summed E-state index contributed by atoms with van der Waals surface area (Å²) in [4.78, 5) is 14.9. The summed E-state index contributed by atoms with van der Waals surface area (Å²) in [6.07, 6.45) is 1.14. The zero-order chi connectivity index (χ0) is 17.3. The molecule has 1 atom stereocenters. The van der Waals surface area contributed by atoms with E-state index in [0.29, 0.717) is 5.92 Å². The largest absolute Gasteiger partial charge is 0.369 e. The van der Waals surface area contributed by atoms with Crippen LogP contribution in [-0.4, -0.2) is 17.2 Å². The molecule has 1 unspecified atom stereocenters. The third kappa shape index (κ3) is 2.05. The van der Waals surface area contributed by atoms with Crippen LogP contribution in [0.1, 0.15) is 55.4 Å². The molecular formula is C20H28N2O. The Morgan fingerprint density at radius 3 is 2.30 bits per heavy atom. The summed E-state index contributed by atoms with van der Waals surface area (Å²) in [5.74, 6) is 0.524. The van der Waals surface area contributed by atoms with Crippen LogP contribution in [0.2, 0.25) is 0 Å². The Kier molecular flexibility index (Phi) is 3.40. The average molecular weight is 312 g/mol. The number of aromatic nitrogens is 1. The first-order valence-corrected chi connectivity index (χ1v) is 8.45. The van der Waals surface area contributed by atoms with Crippen molar-refractivity contribution in [2.24, 2.45) is 7.05 Å². The van der Waals surface area contributed by atoms with Gasteiger partial charge in [0.2, 0.25) is 0 Å². The van der Waals surface area contributed by atoms with Gasteiger partial charge in [-0.15, -0.1) is 0 Å². The van der Waals surface area contributed by atoms with E-state index in [1.807, 2.05) is 18.5 Å². The molecule has 2 aromatic rings. The summed E-state index contributed by atoms with van der Waals surface area (Å²) in [6.45, 7) is 13.1. The van der Waals surface area contributed by atoms with Gasteiger partial charge in [-0.2, -0.15) is 0 Å². The van der Waals surface area contributed by atoms with Gasteiger partial charge in [0.15, 0.2) is 0 Å². The molecule has 0 N–H and O–H groups in total. The van der Waals surface area contributed by atoms with E-state index in [0.717, 1.165) is 23.1 Å². The highest BCUT2D eigenvalue weighted by Crippen LogP contribution is 2.46. The van der Waals surface area contributed by atoms with Crippen molar-refractivity contribution in [3.05, 3.63) is 38.7 Å². The van der Waals surface area contributed by atoms with Gasteiger partial charge < -0.3 is 9.47 Å². The fraction of sp³-hybridized carbons (Fsp3) is 0.550. The van der Waals surface area contributed by atoms with Gasteiger partial charge in [0.1, 0.15) is 0 Å². The van der Waals surface area contributed by atoms with Gasteiger partial charge in [-0.25, -0.2) is 0 Å². The molecule has 0 fully saturated rings. The first kappa shape index (κ1) is 16.1. The molecule has 1 aliphatic rings. The topological polar surface area (TPSA) is 25.2 Å². The van der Waals surface area contributed by atoms with Crippen LogP contribution in [0.3, 0.4) is 0 Å². The van der Waals surface area contributed by atoms with Crippen LogP contribution in [0.5, 0.6) is 0 Å². The fourth-order valence-electron chi connectivity index (χ4n) is 4.38. The van der Waals surface area contributed by atoms with Crippen molar-refractivity contribution >= 4 is 16.6 Å². The quantitative estimate of drug-likeness (QED) is 0.729. The monoisotopic (exact) mass is 312 g/mol. The van der Waals surface area contributed by atoms with Crippen molar-refractivity contribution in [3.63, 3.8) is 0 Å². The molecule has 0 saturated heterocycles. The second-order valence-corrected chi connectivity index (χ2v) is 7.93. The van der Waals surface area contributed by atoms with Crippen LogP contribution in [-0.2, 0) is 7.05 Å². The van der Waals surface area contributed by atoms with Crippen LogP contribution < -0.4 is 10.5 Å².